The van der Waals surface area contributed by atoms with E-state index in [1.807, 2.05) is 0 Å². The molecular weight excluding hydrogens is 512 g/mol. The minimum atomic E-state index is -5.10. The molecule has 0 saturated heterocycles. The summed E-state index contributed by atoms with van der Waals surface area (Å²) in [5.74, 6) is -2.89. The molecule has 0 atom stereocenters. The van der Waals surface area contributed by atoms with Crippen molar-refractivity contribution >= 4 is 17.5 Å². The first-order valence-electron chi connectivity index (χ1n) is 10.7. The van der Waals surface area contributed by atoms with Gasteiger partial charge in [-0.3, -0.25) is 9.59 Å². The van der Waals surface area contributed by atoms with Crippen molar-refractivity contribution in [3.63, 3.8) is 0 Å². The van der Waals surface area contributed by atoms with E-state index < -0.39 is 52.5 Å². The van der Waals surface area contributed by atoms with E-state index in [0.29, 0.717) is 12.1 Å². The summed E-state index contributed by atoms with van der Waals surface area (Å²) in [6.07, 6.45) is -10.2. The number of nitrogens with one attached hydrogen (secondary N) is 1. The number of halogens is 8. The van der Waals surface area contributed by atoms with Crippen molar-refractivity contribution in [2.45, 2.75) is 18.8 Å². The molecule has 0 aliphatic heterocycles. The highest BCUT2D eigenvalue weighted by atomic mass is 19.4. The average molecular weight is 530 g/mol. The van der Waals surface area contributed by atoms with E-state index in [1.165, 1.54) is 29.2 Å². The Kier molecular flexibility index (Phi) is 8.19. The Morgan fingerprint density at radius 2 is 1.19 bits per heavy atom. The molecule has 37 heavy (non-hydrogen) atoms. The number of nitrogens with zero attached hydrogens (tertiary/aromatic N) is 1. The quantitative estimate of drug-likeness (QED) is 0.281. The third kappa shape index (κ3) is 7.28. The van der Waals surface area contributed by atoms with Crippen LogP contribution in [0.5, 0.6) is 0 Å². The minimum absolute atomic E-state index is 0.0289. The first-order chi connectivity index (χ1) is 17.3. The largest absolute Gasteiger partial charge is 0.416 e. The molecular formula is C25H18F8N2O2. The van der Waals surface area contributed by atoms with Crippen molar-refractivity contribution < 1.29 is 44.7 Å². The summed E-state index contributed by atoms with van der Waals surface area (Å²) >= 11 is 0. The summed E-state index contributed by atoms with van der Waals surface area (Å²) in [6.45, 7) is -0.288. The van der Waals surface area contributed by atoms with Crippen LogP contribution < -0.4 is 10.2 Å². The predicted molar refractivity (Wildman–Crippen MR) is 118 cm³/mol. The Bertz CT molecular complexity index is 1220. The van der Waals surface area contributed by atoms with E-state index >= 15 is 0 Å². The van der Waals surface area contributed by atoms with Gasteiger partial charge in [0.2, 0.25) is 0 Å². The molecule has 0 aromatic heterocycles. The van der Waals surface area contributed by atoms with E-state index in [4.69, 9.17) is 0 Å². The fraction of sp³-hybridized carbons (Fsp3) is 0.200. The molecule has 0 aliphatic carbocycles. The Hall–Kier alpha value is -3.96. The van der Waals surface area contributed by atoms with Crippen LogP contribution in [-0.2, 0) is 12.4 Å². The zero-order valence-corrected chi connectivity index (χ0v) is 18.8. The van der Waals surface area contributed by atoms with E-state index in [9.17, 15) is 44.7 Å². The molecule has 0 fully saturated rings. The molecule has 3 rings (SSSR count). The smallest absolute Gasteiger partial charge is 0.352 e. The van der Waals surface area contributed by atoms with E-state index in [-0.39, 0.29) is 36.8 Å². The Morgan fingerprint density at radius 1 is 0.703 bits per heavy atom. The van der Waals surface area contributed by atoms with Crippen LogP contribution in [-0.4, -0.2) is 24.9 Å². The number of amides is 2. The van der Waals surface area contributed by atoms with Gasteiger partial charge in [-0.05, 0) is 73.2 Å². The van der Waals surface area contributed by atoms with Gasteiger partial charge in [-0.2, -0.15) is 26.3 Å². The van der Waals surface area contributed by atoms with E-state index in [0.717, 1.165) is 24.3 Å². The highest BCUT2D eigenvalue weighted by Crippen LogP contribution is 2.36. The van der Waals surface area contributed by atoms with Crippen LogP contribution in [0.15, 0.2) is 66.7 Å². The minimum Gasteiger partial charge on any atom is -0.352 e. The van der Waals surface area contributed by atoms with Crippen LogP contribution in [0.2, 0.25) is 0 Å². The second kappa shape index (κ2) is 11.0. The van der Waals surface area contributed by atoms with Crippen molar-refractivity contribution in [3.05, 3.63) is 101 Å². The Labute approximate surface area is 205 Å². The summed E-state index contributed by atoms with van der Waals surface area (Å²) in [4.78, 5) is 26.5. The molecule has 196 valence electrons. The van der Waals surface area contributed by atoms with Crippen LogP contribution in [0.3, 0.4) is 0 Å². The number of hydrogen-bond donors (Lipinski definition) is 1. The van der Waals surface area contributed by atoms with Gasteiger partial charge in [0, 0.05) is 29.9 Å². The topological polar surface area (TPSA) is 49.4 Å². The molecule has 2 amide bonds. The third-order valence-corrected chi connectivity index (χ3v) is 5.17. The van der Waals surface area contributed by atoms with Gasteiger partial charge in [0.1, 0.15) is 11.6 Å². The van der Waals surface area contributed by atoms with Gasteiger partial charge < -0.3 is 10.2 Å². The summed E-state index contributed by atoms with van der Waals surface area (Å²) in [6, 6.07) is 10.00. The molecule has 0 aliphatic rings. The van der Waals surface area contributed by atoms with E-state index in [2.05, 4.69) is 5.32 Å². The normalized spacial score (nSPS) is 11.8. The lowest BCUT2D eigenvalue weighted by atomic mass is 10.0. The predicted octanol–water partition coefficient (Wildman–Crippen LogP) is 6.47. The van der Waals surface area contributed by atoms with Crippen LogP contribution in [0.1, 0.15) is 38.3 Å². The van der Waals surface area contributed by atoms with Gasteiger partial charge in [0.25, 0.3) is 11.8 Å². The van der Waals surface area contributed by atoms with Crippen LogP contribution in [0.25, 0.3) is 0 Å². The molecule has 3 aromatic rings. The monoisotopic (exact) mass is 530 g/mol. The number of carbonyl (C=O) groups is 2. The first kappa shape index (κ1) is 27.6. The van der Waals surface area contributed by atoms with Crippen LogP contribution >= 0.6 is 0 Å². The number of benzene rings is 3. The number of anilines is 1. The number of alkyl halides is 6. The Balaban J connectivity index is 1.73. The summed E-state index contributed by atoms with van der Waals surface area (Å²) in [5.41, 5.74) is -3.70. The summed E-state index contributed by atoms with van der Waals surface area (Å²) < 4.78 is 105. The number of carbonyl (C=O) groups excluding carboxylic acids is 2. The molecule has 0 bridgehead atoms. The molecule has 1 N–H and O–H groups in total. The van der Waals surface area contributed by atoms with Crippen LogP contribution in [0.4, 0.5) is 40.8 Å². The number of rotatable bonds is 7. The maximum atomic E-state index is 13.3. The van der Waals surface area contributed by atoms with Crippen molar-refractivity contribution in [1.82, 2.24) is 5.32 Å². The molecule has 0 unspecified atom stereocenters. The van der Waals surface area contributed by atoms with Crippen molar-refractivity contribution in [2.24, 2.45) is 0 Å². The van der Waals surface area contributed by atoms with Crippen LogP contribution in [0, 0.1) is 11.6 Å². The van der Waals surface area contributed by atoms with Gasteiger partial charge in [-0.1, -0.05) is 0 Å². The fourth-order valence-corrected chi connectivity index (χ4v) is 3.34. The van der Waals surface area contributed by atoms with Crippen molar-refractivity contribution in [1.29, 1.82) is 0 Å². The number of hydrogen-bond acceptors (Lipinski definition) is 2. The summed E-state index contributed by atoms with van der Waals surface area (Å²) in [7, 11) is 0. The molecule has 12 heteroatoms. The SMILES string of the molecule is O=C(NCCCN(C(=O)c1ccc(F)cc1)c1ccc(F)cc1)c1cc(C(F)(F)F)cc(C(F)(F)F)c1. The van der Waals surface area contributed by atoms with Crippen molar-refractivity contribution in [2.75, 3.05) is 18.0 Å². The van der Waals surface area contributed by atoms with Gasteiger partial charge in [0.15, 0.2) is 0 Å². The van der Waals surface area contributed by atoms with Gasteiger partial charge in [0.05, 0.1) is 11.1 Å². The van der Waals surface area contributed by atoms with E-state index in [1.54, 1.807) is 0 Å². The zero-order valence-electron chi connectivity index (χ0n) is 18.8. The lowest BCUT2D eigenvalue weighted by molar-refractivity contribution is -0.143. The molecule has 3 aromatic carbocycles. The molecule has 0 radical (unpaired) electrons. The standard InChI is InChI=1S/C25H18F8N2O2/c26-19-4-2-15(3-5-19)23(37)35(21-8-6-20(27)7-9-21)11-1-10-34-22(36)16-12-17(24(28,29)30)14-18(13-16)25(31,32)33/h2-9,12-14H,1,10-11H2,(H,34,36). The molecule has 0 heterocycles. The lowest BCUT2D eigenvalue weighted by Gasteiger charge is -2.23. The third-order valence-electron chi connectivity index (χ3n) is 5.17. The Morgan fingerprint density at radius 3 is 1.68 bits per heavy atom. The van der Waals surface area contributed by atoms with Crippen molar-refractivity contribution in [3.8, 4) is 0 Å². The maximum absolute atomic E-state index is 13.3. The molecule has 0 spiro atoms. The highest BCUT2D eigenvalue weighted by Gasteiger charge is 2.37. The fourth-order valence-electron chi connectivity index (χ4n) is 3.34. The van der Waals surface area contributed by atoms with Gasteiger partial charge in [-0.25, -0.2) is 8.78 Å². The zero-order chi connectivity index (χ0) is 27.4. The molecule has 4 nitrogen and oxygen atoms in total. The highest BCUT2D eigenvalue weighted by molar-refractivity contribution is 6.06. The average Bonchev–Trinajstić information content (AvgIpc) is 2.83. The van der Waals surface area contributed by atoms with Gasteiger partial charge in [-0.15, -0.1) is 0 Å². The first-order valence-corrected chi connectivity index (χ1v) is 10.7. The molecule has 0 saturated carbocycles. The van der Waals surface area contributed by atoms with Gasteiger partial charge >= 0.3 is 12.4 Å². The second-order valence-corrected chi connectivity index (χ2v) is 7.84. The lowest BCUT2D eigenvalue weighted by Crippen LogP contribution is -2.34. The summed E-state index contributed by atoms with van der Waals surface area (Å²) in [5, 5.41) is 2.24. The second-order valence-electron chi connectivity index (χ2n) is 7.84. The maximum Gasteiger partial charge on any atom is 0.416 e.